The lowest BCUT2D eigenvalue weighted by molar-refractivity contribution is 0.466. The normalized spacial score (nSPS) is 29.1. The molecule has 12 heavy (non-hydrogen) atoms. The molecule has 1 nitrogen and oxygen atoms in total. The van der Waals surface area contributed by atoms with E-state index in [2.05, 4.69) is 18.9 Å². The molecule has 0 aromatic rings. The zero-order valence-corrected chi connectivity index (χ0v) is 8.18. The van der Waals surface area contributed by atoms with Crippen LogP contribution in [-0.4, -0.2) is 13.1 Å². The molecule has 2 atom stereocenters. The van der Waals surface area contributed by atoms with Gasteiger partial charge >= 0.3 is 0 Å². The van der Waals surface area contributed by atoms with E-state index in [0.717, 1.165) is 12.0 Å². The number of rotatable bonds is 5. The van der Waals surface area contributed by atoms with Crippen molar-refractivity contribution in [1.29, 1.82) is 0 Å². The molecule has 0 heterocycles. The Kier molecular flexibility index (Phi) is 4.37. The number of hydrogen-bond donors (Lipinski definition) is 1. The summed E-state index contributed by atoms with van der Waals surface area (Å²) in [6.45, 7) is 3.74. The van der Waals surface area contributed by atoms with Crippen LogP contribution in [0.5, 0.6) is 0 Å². The van der Waals surface area contributed by atoms with Crippen molar-refractivity contribution in [3.63, 3.8) is 0 Å². The van der Waals surface area contributed by atoms with E-state index in [1.54, 1.807) is 0 Å². The topological polar surface area (TPSA) is 12.0 Å². The maximum atomic E-state index is 3.74. The van der Waals surface area contributed by atoms with Crippen LogP contribution in [0.2, 0.25) is 0 Å². The summed E-state index contributed by atoms with van der Waals surface area (Å²) in [5.74, 6) is 0.988. The minimum atomic E-state index is 0.804. The van der Waals surface area contributed by atoms with E-state index >= 15 is 0 Å². The van der Waals surface area contributed by atoms with Crippen LogP contribution in [-0.2, 0) is 0 Å². The standard InChI is InChI=1S/C11H21N/c1-3-4-5-6-10-7-8-11(9-10)12-2/h3,10-12H,1,4-9H2,2H3. The van der Waals surface area contributed by atoms with Gasteiger partial charge < -0.3 is 5.32 Å². The van der Waals surface area contributed by atoms with Crippen LogP contribution in [0.1, 0.15) is 38.5 Å². The number of nitrogens with one attached hydrogen (secondary N) is 1. The molecule has 1 rings (SSSR count). The van der Waals surface area contributed by atoms with Crippen LogP contribution in [0.3, 0.4) is 0 Å². The summed E-state index contributed by atoms with van der Waals surface area (Å²) in [7, 11) is 2.08. The lowest BCUT2D eigenvalue weighted by Gasteiger charge is -2.09. The highest BCUT2D eigenvalue weighted by molar-refractivity contribution is 4.80. The van der Waals surface area contributed by atoms with Gasteiger partial charge in [-0.3, -0.25) is 0 Å². The fourth-order valence-corrected chi connectivity index (χ4v) is 2.15. The van der Waals surface area contributed by atoms with Crippen molar-refractivity contribution in [3.8, 4) is 0 Å². The first-order valence-electron chi connectivity index (χ1n) is 5.15. The van der Waals surface area contributed by atoms with Crippen molar-refractivity contribution in [2.24, 2.45) is 5.92 Å². The van der Waals surface area contributed by atoms with Gasteiger partial charge in [-0.2, -0.15) is 0 Å². The van der Waals surface area contributed by atoms with Crippen molar-refractivity contribution in [1.82, 2.24) is 5.32 Å². The first kappa shape index (κ1) is 9.79. The van der Waals surface area contributed by atoms with Crippen LogP contribution < -0.4 is 5.32 Å². The highest BCUT2D eigenvalue weighted by Gasteiger charge is 2.22. The Hall–Kier alpha value is -0.300. The molecule has 0 aliphatic heterocycles. The summed E-state index contributed by atoms with van der Waals surface area (Å²) >= 11 is 0. The van der Waals surface area contributed by atoms with Gasteiger partial charge in [-0.05, 0) is 45.1 Å². The van der Waals surface area contributed by atoms with Gasteiger partial charge in [0.25, 0.3) is 0 Å². The van der Waals surface area contributed by atoms with E-state index in [9.17, 15) is 0 Å². The zero-order valence-electron chi connectivity index (χ0n) is 8.18. The van der Waals surface area contributed by atoms with Gasteiger partial charge in [0.1, 0.15) is 0 Å². The maximum absolute atomic E-state index is 3.74. The van der Waals surface area contributed by atoms with Crippen molar-refractivity contribution < 1.29 is 0 Å². The number of unbranched alkanes of at least 4 members (excludes halogenated alkanes) is 1. The van der Waals surface area contributed by atoms with E-state index in [1.807, 2.05) is 6.08 Å². The zero-order chi connectivity index (χ0) is 8.81. The summed E-state index contributed by atoms with van der Waals surface area (Å²) < 4.78 is 0. The second-order valence-electron chi connectivity index (χ2n) is 3.88. The molecule has 0 amide bonds. The fourth-order valence-electron chi connectivity index (χ4n) is 2.15. The molecule has 1 fully saturated rings. The predicted octanol–water partition coefficient (Wildman–Crippen LogP) is 2.73. The minimum Gasteiger partial charge on any atom is -0.317 e. The molecule has 1 saturated carbocycles. The Balaban J connectivity index is 2.06. The molecule has 0 aromatic carbocycles. The molecule has 2 unspecified atom stereocenters. The molecule has 0 spiro atoms. The highest BCUT2D eigenvalue weighted by Crippen LogP contribution is 2.29. The molecule has 1 aliphatic rings. The fraction of sp³-hybridized carbons (Fsp3) is 0.818. The van der Waals surface area contributed by atoms with Crippen LogP contribution in [0, 0.1) is 5.92 Å². The van der Waals surface area contributed by atoms with Crippen molar-refractivity contribution >= 4 is 0 Å². The van der Waals surface area contributed by atoms with Crippen molar-refractivity contribution in [2.75, 3.05) is 7.05 Å². The van der Waals surface area contributed by atoms with Crippen LogP contribution in [0.25, 0.3) is 0 Å². The molecule has 1 heteroatoms. The maximum Gasteiger partial charge on any atom is 0.00668 e. The van der Waals surface area contributed by atoms with Gasteiger partial charge in [-0.15, -0.1) is 6.58 Å². The monoisotopic (exact) mass is 167 g/mol. The van der Waals surface area contributed by atoms with Crippen molar-refractivity contribution in [2.45, 2.75) is 44.6 Å². The summed E-state index contributed by atoms with van der Waals surface area (Å²) in [4.78, 5) is 0. The molecule has 0 saturated heterocycles. The molecular weight excluding hydrogens is 146 g/mol. The van der Waals surface area contributed by atoms with E-state index in [0.29, 0.717) is 0 Å². The third-order valence-electron chi connectivity index (χ3n) is 2.97. The van der Waals surface area contributed by atoms with Crippen LogP contribution in [0.15, 0.2) is 12.7 Å². The SMILES string of the molecule is C=CCCCC1CCC(NC)C1. The Labute approximate surface area is 76.2 Å². The third-order valence-corrected chi connectivity index (χ3v) is 2.97. The Morgan fingerprint density at radius 1 is 1.50 bits per heavy atom. The van der Waals surface area contributed by atoms with Gasteiger partial charge in [-0.1, -0.05) is 12.5 Å². The van der Waals surface area contributed by atoms with E-state index < -0.39 is 0 Å². The number of allylic oxidation sites excluding steroid dienone is 1. The highest BCUT2D eigenvalue weighted by atomic mass is 14.9. The van der Waals surface area contributed by atoms with Gasteiger partial charge in [0.2, 0.25) is 0 Å². The molecule has 0 aromatic heterocycles. The molecular formula is C11H21N. The Bertz CT molecular complexity index is 131. The molecule has 0 bridgehead atoms. The largest absolute Gasteiger partial charge is 0.317 e. The van der Waals surface area contributed by atoms with E-state index in [4.69, 9.17) is 0 Å². The lowest BCUT2D eigenvalue weighted by atomic mass is 10.0. The van der Waals surface area contributed by atoms with E-state index in [1.165, 1.54) is 38.5 Å². The second kappa shape index (κ2) is 5.36. The summed E-state index contributed by atoms with van der Waals surface area (Å²) in [5, 5.41) is 3.36. The van der Waals surface area contributed by atoms with Gasteiger partial charge in [0.15, 0.2) is 0 Å². The quantitative estimate of drug-likeness (QED) is 0.490. The minimum absolute atomic E-state index is 0.804. The lowest BCUT2D eigenvalue weighted by Crippen LogP contribution is -2.21. The van der Waals surface area contributed by atoms with Gasteiger partial charge in [0.05, 0.1) is 0 Å². The average Bonchev–Trinajstić information content (AvgIpc) is 2.53. The Morgan fingerprint density at radius 3 is 2.92 bits per heavy atom. The Morgan fingerprint density at radius 2 is 2.33 bits per heavy atom. The molecule has 1 N–H and O–H groups in total. The van der Waals surface area contributed by atoms with E-state index in [-0.39, 0.29) is 0 Å². The van der Waals surface area contributed by atoms with Crippen LogP contribution in [0.4, 0.5) is 0 Å². The first-order valence-corrected chi connectivity index (χ1v) is 5.15. The smallest absolute Gasteiger partial charge is 0.00668 e. The summed E-state index contributed by atoms with van der Waals surface area (Å²) in [6, 6.07) is 0.804. The average molecular weight is 167 g/mol. The molecule has 0 radical (unpaired) electrons. The van der Waals surface area contributed by atoms with Gasteiger partial charge in [-0.25, -0.2) is 0 Å². The predicted molar refractivity (Wildman–Crippen MR) is 54.2 cm³/mol. The third kappa shape index (κ3) is 2.98. The van der Waals surface area contributed by atoms with Crippen molar-refractivity contribution in [3.05, 3.63) is 12.7 Å². The summed E-state index contributed by atoms with van der Waals surface area (Å²) in [5.41, 5.74) is 0. The second-order valence-corrected chi connectivity index (χ2v) is 3.88. The number of hydrogen-bond acceptors (Lipinski definition) is 1. The summed E-state index contributed by atoms with van der Waals surface area (Å²) in [6.07, 6.45) is 10.2. The molecule has 1 aliphatic carbocycles. The van der Waals surface area contributed by atoms with Gasteiger partial charge in [0, 0.05) is 6.04 Å². The first-order chi connectivity index (χ1) is 5.86. The molecule has 70 valence electrons. The van der Waals surface area contributed by atoms with Crippen LogP contribution >= 0.6 is 0 Å².